The molecule has 1 saturated carbocycles. The van der Waals surface area contributed by atoms with Gasteiger partial charge in [-0.15, -0.1) is 0 Å². The van der Waals surface area contributed by atoms with Crippen molar-refractivity contribution in [2.24, 2.45) is 11.8 Å². The van der Waals surface area contributed by atoms with Gasteiger partial charge in [0.25, 0.3) is 0 Å². The van der Waals surface area contributed by atoms with Gasteiger partial charge in [0.2, 0.25) is 0 Å². The summed E-state index contributed by atoms with van der Waals surface area (Å²) in [4.78, 5) is 1.81. The van der Waals surface area contributed by atoms with Gasteiger partial charge in [-0.05, 0) is 44.9 Å². The van der Waals surface area contributed by atoms with Gasteiger partial charge in [0.15, 0.2) is 0 Å². The topological polar surface area (TPSA) is 4.44 Å². The van der Waals surface area contributed by atoms with Crippen molar-refractivity contribution in [2.75, 3.05) is 19.6 Å². The van der Waals surface area contributed by atoms with Crippen molar-refractivity contribution in [3.63, 3.8) is 0 Å². The summed E-state index contributed by atoms with van der Waals surface area (Å²) in [5.41, 5.74) is 0. The first-order chi connectivity index (χ1) is 7.78. The van der Waals surface area contributed by atoms with Crippen molar-refractivity contribution in [1.29, 1.82) is 0 Å². The SMILES string of the molecule is CCC1CCC[NH+](CC2CCC(F)CC2)C1. The van der Waals surface area contributed by atoms with E-state index in [0.29, 0.717) is 0 Å². The van der Waals surface area contributed by atoms with E-state index < -0.39 is 6.17 Å². The molecule has 0 spiro atoms. The number of hydrogen-bond acceptors (Lipinski definition) is 0. The number of nitrogens with one attached hydrogen (secondary N) is 1. The molecular weight excluding hydrogens is 201 g/mol. The van der Waals surface area contributed by atoms with E-state index in [1.807, 2.05) is 0 Å². The minimum absolute atomic E-state index is 0.490. The summed E-state index contributed by atoms with van der Waals surface area (Å²) < 4.78 is 13.0. The lowest BCUT2D eigenvalue weighted by molar-refractivity contribution is -0.912. The smallest absolute Gasteiger partial charge is 0.100 e. The Bertz CT molecular complexity index is 199. The zero-order valence-corrected chi connectivity index (χ0v) is 10.7. The average molecular weight is 228 g/mol. The summed E-state index contributed by atoms with van der Waals surface area (Å²) in [7, 11) is 0. The molecule has 0 aromatic rings. The number of rotatable bonds is 3. The summed E-state index contributed by atoms with van der Waals surface area (Å²) in [6, 6.07) is 0. The standard InChI is InChI=1S/C14H26FN/c1-2-12-4-3-9-16(10-12)11-13-5-7-14(15)8-6-13/h12-14H,2-11H2,1H3/p+1. The molecule has 1 heterocycles. The summed E-state index contributed by atoms with van der Waals surface area (Å²) in [5, 5.41) is 0. The summed E-state index contributed by atoms with van der Waals surface area (Å²) >= 11 is 0. The molecule has 1 nitrogen and oxygen atoms in total. The quantitative estimate of drug-likeness (QED) is 0.755. The number of alkyl halides is 1. The van der Waals surface area contributed by atoms with Crippen molar-refractivity contribution >= 4 is 0 Å². The maximum absolute atomic E-state index is 13.0. The van der Waals surface area contributed by atoms with Crippen LogP contribution in [0.1, 0.15) is 51.9 Å². The predicted octanol–water partition coefficient (Wildman–Crippen LogP) is 2.22. The second-order valence-corrected chi connectivity index (χ2v) is 5.94. The molecule has 1 N–H and O–H groups in total. The molecule has 94 valence electrons. The van der Waals surface area contributed by atoms with Crippen LogP contribution in [0, 0.1) is 11.8 Å². The molecule has 0 aromatic heterocycles. The molecule has 0 radical (unpaired) electrons. The van der Waals surface area contributed by atoms with E-state index in [2.05, 4.69) is 6.92 Å². The zero-order chi connectivity index (χ0) is 11.4. The van der Waals surface area contributed by atoms with Gasteiger partial charge in [-0.2, -0.15) is 0 Å². The minimum Gasteiger partial charge on any atom is -0.334 e. The van der Waals surface area contributed by atoms with Crippen molar-refractivity contribution in [3.8, 4) is 0 Å². The second-order valence-electron chi connectivity index (χ2n) is 5.94. The fraction of sp³-hybridized carbons (Fsp3) is 1.00. The average Bonchev–Trinajstić information content (AvgIpc) is 2.32. The van der Waals surface area contributed by atoms with E-state index in [4.69, 9.17) is 0 Å². The molecular formula is C14H27FN+. The molecule has 0 bridgehead atoms. The predicted molar refractivity (Wildman–Crippen MR) is 65.4 cm³/mol. The highest BCUT2D eigenvalue weighted by atomic mass is 19.1. The van der Waals surface area contributed by atoms with Gasteiger partial charge in [-0.3, -0.25) is 0 Å². The molecule has 2 fully saturated rings. The number of piperidine rings is 1. The van der Waals surface area contributed by atoms with E-state index in [-0.39, 0.29) is 0 Å². The molecule has 1 aliphatic carbocycles. The maximum atomic E-state index is 13.0. The first-order valence-electron chi connectivity index (χ1n) is 7.25. The summed E-state index contributed by atoms with van der Waals surface area (Å²) in [5.74, 6) is 1.78. The van der Waals surface area contributed by atoms with Crippen LogP contribution in [0.3, 0.4) is 0 Å². The van der Waals surface area contributed by atoms with Crippen LogP contribution in [-0.4, -0.2) is 25.8 Å². The first-order valence-corrected chi connectivity index (χ1v) is 7.25. The third-order valence-electron chi connectivity index (χ3n) is 4.65. The van der Waals surface area contributed by atoms with Crippen LogP contribution in [0.4, 0.5) is 4.39 Å². The Hall–Kier alpha value is -0.110. The molecule has 2 rings (SSSR count). The van der Waals surface area contributed by atoms with Gasteiger partial charge in [0.1, 0.15) is 6.17 Å². The van der Waals surface area contributed by atoms with Gasteiger partial charge in [0, 0.05) is 11.8 Å². The summed E-state index contributed by atoms with van der Waals surface area (Å²) in [6.07, 6.45) is 7.65. The number of likely N-dealkylation sites (tertiary alicyclic amines) is 1. The molecule has 1 saturated heterocycles. The third-order valence-corrected chi connectivity index (χ3v) is 4.65. The molecule has 2 aliphatic rings. The van der Waals surface area contributed by atoms with Crippen molar-refractivity contribution in [3.05, 3.63) is 0 Å². The first kappa shape index (κ1) is 12.3. The number of halogens is 1. The molecule has 0 aromatic carbocycles. The molecule has 2 heteroatoms. The minimum atomic E-state index is -0.490. The monoisotopic (exact) mass is 228 g/mol. The van der Waals surface area contributed by atoms with E-state index in [1.165, 1.54) is 38.9 Å². The van der Waals surface area contributed by atoms with Crippen LogP contribution >= 0.6 is 0 Å². The number of hydrogen-bond donors (Lipinski definition) is 1. The van der Waals surface area contributed by atoms with Crippen LogP contribution in [-0.2, 0) is 0 Å². The zero-order valence-electron chi connectivity index (χ0n) is 10.7. The van der Waals surface area contributed by atoms with Crippen molar-refractivity contribution in [1.82, 2.24) is 0 Å². The van der Waals surface area contributed by atoms with Gasteiger partial charge >= 0.3 is 0 Å². The van der Waals surface area contributed by atoms with Gasteiger partial charge in [0.05, 0.1) is 19.6 Å². The molecule has 2 atom stereocenters. The Kier molecular flexibility index (Phi) is 4.63. The van der Waals surface area contributed by atoms with Crippen LogP contribution in [0.5, 0.6) is 0 Å². The Morgan fingerprint density at radius 1 is 1.06 bits per heavy atom. The Labute approximate surface area is 99.4 Å². The van der Waals surface area contributed by atoms with E-state index >= 15 is 0 Å². The van der Waals surface area contributed by atoms with E-state index in [9.17, 15) is 4.39 Å². The third kappa shape index (κ3) is 3.44. The Morgan fingerprint density at radius 3 is 2.50 bits per heavy atom. The van der Waals surface area contributed by atoms with Crippen LogP contribution in [0.25, 0.3) is 0 Å². The fourth-order valence-electron chi connectivity index (χ4n) is 3.52. The Balaban J connectivity index is 1.72. The van der Waals surface area contributed by atoms with Gasteiger partial charge < -0.3 is 4.90 Å². The van der Waals surface area contributed by atoms with Crippen molar-refractivity contribution < 1.29 is 9.29 Å². The van der Waals surface area contributed by atoms with Crippen LogP contribution in [0.15, 0.2) is 0 Å². The van der Waals surface area contributed by atoms with Gasteiger partial charge in [-0.25, -0.2) is 4.39 Å². The molecule has 2 unspecified atom stereocenters. The van der Waals surface area contributed by atoms with Crippen LogP contribution < -0.4 is 4.90 Å². The lowest BCUT2D eigenvalue weighted by Crippen LogP contribution is -3.14. The fourth-order valence-corrected chi connectivity index (χ4v) is 3.52. The number of quaternary nitrogens is 1. The second kappa shape index (κ2) is 6.00. The highest BCUT2D eigenvalue weighted by Crippen LogP contribution is 2.25. The van der Waals surface area contributed by atoms with Crippen molar-refractivity contribution in [2.45, 2.75) is 58.0 Å². The summed E-state index contributed by atoms with van der Waals surface area (Å²) in [6.45, 7) is 6.39. The largest absolute Gasteiger partial charge is 0.334 e. The maximum Gasteiger partial charge on any atom is 0.100 e. The van der Waals surface area contributed by atoms with Crippen LogP contribution in [0.2, 0.25) is 0 Å². The lowest BCUT2D eigenvalue weighted by atomic mass is 9.86. The normalized spacial score (nSPS) is 40.9. The highest BCUT2D eigenvalue weighted by molar-refractivity contribution is 4.71. The molecule has 16 heavy (non-hydrogen) atoms. The van der Waals surface area contributed by atoms with E-state index in [1.54, 1.807) is 4.90 Å². The molecule has 0 amide bonds. The highest BCUT2D eigenvalue weighted by Gasteiger charge is 2.27. The lowest BCUT2D eigenvalue weighted by Gasteiger charge is -2.33. The van der Waals surface area contributed by atoms with Gasteiger partial charge in [-0.1, -0.05) is 6.92 Å². The van der Waals surface area contributed by atoms with E-state index in [0.717, 1.165) is 37.5 Å². The Morgan fingerprint density at radius 2 is 1.81 bits per heavy atom. The molecule has 1 aliphatic heterocycles.